The van der Waals surface area contributed by atoms with E-state index in [1.54, 1.807) is 12.1 Å². The Morgan fingerprint density at radius 2 is 1.89 bits per heavy atom. The lowest BCUT2D eigenvalue weighted by Crippen LogP contribution is -2.09. The largest absolute Gasteiger partial charge is 0.378 e. The van der Waals surface area contributed by atoms with Crippen LogP contribution < -0.4 is 5.32 Å². The van der Waals surface area contributed by atoms with Crippen molar-refractivity contribution in [3.63, 3.8) is 0 Å². The van der Waals surface area contributed by atoms with Crippen LogP contribution in [0.15, 0.2) is 46.9 Å². The van der Waals surface area contributed by atoms with Crippen molar-refractivity contribution in [1.82, 2.24) is 0 Å². The van der Waals surface area contributed by atoms with Gasteiger partial charge in [-0.05, 0) is 58.2 Å². The van der Waals surface area contributed by atoms with Gasteiger partial charge in [0.15, 0.2) is 0 Å². The second kappa shape index (κ2) is 6.40. The van der Waals surface area contributed by atoms with E-state index in [1.807, 2.05) is 24.3 Å². The number of rotatable bonds is 4. The van der Waals surface area contributed by atoms with Crippen LogP contribution in [0.4, 0.5) is 10.1 Å². The van der Waals surface area contributed by atoms with Crippen LogP contribution in [0.5, 0.6) is 0 Å². The van der Waals surface area contributed by atoms with Gasteiger partial charge in [0, 0.05) is 10.7 Å². The molecule has 2 aromatic rings. The third-order valence-corrected chi connectivity index (χ3v) is 3.80. The van der Waals surface area contributed by atoms with Gasteiger partial charge in [0.05, 0.1) is 10.5 Å². The minimum Gasteiger partial charge on any atom is -0.378 e. The Balaban J connectivity index is 2.18. The molecular formula is C15H14BrClFN. The zero-order valence-corrected chi connectivity index (χ0v) is 12.8. The summed E-state index contributed by atoms with van der Waals surface area (Å²) in [5.41, 5.74) is 2.04. The summed E-state index contributed by atoms with van der Waals surface area (Å²) in [7, 11) is 0. The zero-order valence-electron chi connectivity index (χ0n) is 10.5. The lowest BCUT2D eigenvalue weighted by molar-refractivity contribution is 0.621. The van der Waals surface area contributed by atoms with Crippen LogP contribution >= 0.6 is 27.5 Å². The van der Waals surface area contributed by atoms with Crippen molar-refractivity contribution in [2.45, 2.75) is 19.4 Å². The van der Waals surface area contributed by atoms with Gasteiger partial charge in [-0.25, -0.2) is 4.39 Å². The molecule has 0 saturated heterocycles. The standard InChI is InChI=1S/C15H14BrClFN/c1-2-15(10-3-5-11(17)6-4-10)19-12-7-8-14(18)13(16)9-12/h3-9,15,19H,2H2,1H3. The molecular weight excluding hydrogens is 329 g/mol. The second-order valence-corrected chi connectivity index (χ2v) is 5.58. The minimum absolute atomic E-state index is 0.176. The SMILES string of the molecule is CCC(Nc1ccc(F)c(Br)c1)c1ccc(Cl)cc1. The highest BCUT2D eigenvalue weighted by Gasteiger charge is 2.10. The number of benzene rings is 2. The molecule has 0 aliphatic heterocycles. The van der Waals surface area contributed by atoms with Crippen LogP contribution in [0, 0.1) is 5.82 Å². The summed E-state index contributed by atoms with van der Waals surface area (Å²) in [4.78, 5) is 0. The molecule has 0 aliphatic carbocycles. The highest BCUT2D eigenvalue weighted by atomic mass is 79.9. The van der Waals surface area contributed by atoms with Crippen LogP contribution in [0.2, 0.25) is 5.02 Å². The summed E-state index contributed by atoms with van der Waals surface area (Å²) in [6.07, 6.45) is 0.927. The van der Waals surface area contributed by atoms with Gasteiger partial charge >= 0.3 is 0 Å². The van der Waals surface area contributed by atoms with E-state index in [4.69, 9.17) is 11.6 Å². The average molecular weight is 343 g/mol. The molecule has 0 amide bonds. The highest BCUT2D eigenvalue weighted by Crippen LogP contribution is 2.26. The molecule has 2 rings (SSSR count). The van der Waals surface area contributed by atoms with E-state index in [-0.39, 0.29) is 11.9 Å². The molecule has 0 bridgehead atoms. The van der Waals surface area contributed by atoms with Gasteiger partial charge < -0.3 is 5.32 Å². The van der Waals surface area contributed by atoms with Crippen LogP contribution in [0.3, 0.4) is 0 Å². The minimum atomic E-state index is -0.259. The van der Waals surface area contributed by atoms with Crippen molar-refractivity contribution in [1.29, 1.82) is 0 Å². The van der Waals surface area contributed by atoms with Gasteiger partial charge in [-0.1, -0.05) is 30.7 Å². The molecule has 4 heteroatoms. The Bertz CT molecular complexity index is 557. The normalized spacial score (nSPS) is 12.2. The molecule has 1 atom stereocenters. The fraction of sp³-hybridized carbons (Fsp3) is 0.200. The molecule has 0 heterocycles. The first-order chi connectivity index (χ1) is 9.10. The molecule has 0 radical (unpaired) electrons. The van der Waals surface area contributed by atoms with E-state index in [0.29, 0.717) is 4.47 Å². The van der Waals surface area contributed by atoms with Gasteiger partial charge in [-0.3, -0.25) is 0 Å². The summed E-state index contributed by atoms with van der Waals surface area (Å²) < 4.78 is 13.7. The monoisotopic (exact) mass is 341 g/mol. The summed E-state index contributed by atoms with van der Waals surface area (Å²) in [5, 5.41) is 4.12. The van der Waals surface area contributed by atoms with E-state index in [1.165, 1.54) is 6.07 Å². The number of halogens is 3. The van der Waals surface area contributed by atoms with Crippen molar-refractivity contribution in [2.75, 3.05) is 5.32 Å². The van der Waals surface area contributed by atoms with Crippen LogP contribution in [0.1, 0.15) is 24.9 Å². The predicted molar refractivity (Wildman–Crippen MR) is 82.2 cm³/mol. The lowest BCUT2D eigenvalue weighted by Gasteiger charge is -2.19. The molecule has 2 aromatic carbocycles. The molecule has 0 fully saturated rings. The Morgan fingerprint density at radius 3 is 2.47 bits per heavy atom. The maximum Gasteiger partial charge on any atom is 0.137 e. The second-order valence-electron chi connectivity index (χ2n) is 4.29. The predicted octanol–water partition coefficient (Wildman–Crippen LogP) is 5.80. The van der Waals surface area contributed by atoms with Gasteiger partial charge in [0.25, 0.3) is 0 Å². The Kier molecular flexibility index (Phi) is 4.83. The molecule has 1 N–H and O–H groups in total. The summed E-state index contributed by atoms with van der Waals surface area (Å²) in [6, 6.07) is 12.9. The number of hydrogen-bond acceptors (Lipinski definition) is 1. The maximum absolute atomic E-state index is 13.2. The highest BCUT2D eigenvalue weighted by molar-refractivity contribution is 9.10. The van der Waals surface area contributed by atoms with E-state index in [2.05, 4.69) is 28.2 Å². The van der Waals surface area contributed by atoms with E-state index < -0.39 is 0 Å². The Labute approximate surface area is 125 Å². The smallest absolute Gasteiger partial charge is 0.137 e. The fourth-order valence-electron chi connectivity index (χ4n) is 1.90. The third kappa shape index (κ3) is 3.71. The Hall–Kier alpha value is -1.06. The van der Waals surface area contributed by atoms with Crippen molar-refractivity contribution in [2.24, 2.45) is 0 Å². The van der Waals surface area contributed by atoms with Crippen LogP contribution in [-0.2, 0) is 0 Å². The van der Waals surface area contributed by atoms with Crippen molar-refractivity contribution in [3.05, 3.63) is 63.3 Å². The number of nitrogens with one attached hydrogen (secondary N) is 1. The maximum atomic E-state index is 13.2. The van der Waals surface area contributed by atoms with Gasteiger partial charge in [-0.15, -0.1) is 0 Å². The first kappa shape index (κ1) is 14.4. The summed E-state index contributed by atoms with van der Waals surface area (Å²) in [5.74, 6) is -0.259. The topological polar surface area (TPSA) is 12.0 Å². The molecule has 100 valence electrons. The molecule has 1 unspecified atom stereocenters. The molecule has 19 heavy (non-hydrogen) atoms. The van der Waals surface area contributed by atoms with Crippen molar-refractivity contribution < 1.29 is 4.39 Å². The first-order valence-corrected chi connectivity index (χ1v) is 7.24. The zero-order chi connectivity index (χ0) is 13.8. The lowest BCUT2D eigenvalue weighted by atomic mass is 10.0. The molecule has 0 saturated carbocycles. The fourth-order valence-corrected chi connectivity index (χ4v) is 2.41. The van der Waals surface area contributed by atoms with Gasteiger partial charge in [0.1, 0.15) is 5.82 Å². The molecule has 0 spiro atoms. The molecule has 0 aromatic heterocycles. The quantitative estimate of drug-likeness (QED) is 0.740. The van der Waals surface area contributed by atoms with E-state index in [9.17, 15) is 4.39 Å². The van der Waals surface area contributed by atoms with E-state index >= 15 is 0 Å². The van der Waals surface area contributed by atoms with Gasteiger partial charge in [0.2, 0.25) is 0 Å². The van der Waals surface area contributed by atoms with Crippen molar-refractivity contribution >= 4 is 33.2 Å². The Morgan fingerprint density at radius 1 is 1.21 bits per heavy atom. The summed E-state index contributed by atoms with van der Waals surface area (Å²) >= 11 is 9.08. The third-order valence-electron chi connectivity index (χ3n) is 2.94. The molecule has 0 aliphatic rings. The van der Waals surface area contributed by atoms with E-state index in [0.717, 1.165) is 22.7 Å². The molecule has 1 nitrogen and oxygen atoms in total. The first-order valence-electron chi connectivity index (χ1n) is 6.07. The average Bonchev–Trinajstić information content (AvgIpc) is 2.41. The number of hydrogen-bond donors (Lipinski definition) is 1. The van der Waals surface area contributed by atoms with Crippen molar-refractivity contribution in [3.8, 4) is 0 Å². The summed E-state index contributed by atoms with van der Waals surface area (Å²) in [6.45, 7) is 2.10. The van der Waals surface area contributed by atoms with Crippen LogP contribution in [-0.4, -0.2) is 0 Å². The number of anilines is 1. The van der Waals surface area contributed by atoms with Crippen LogP contribution in [0.25, 0.3) is 0 Å². The van der Waals surface area contributed by atoms with Gasteiger partial charge in [-0.2, -0.15) is 0 Å².